The van der Waals surface area contributed by atoms with Crippen LogP contribution in [0.4, 0.5) is 0 Å². The summed E-state index contributed by atoms with van der Waals surface area (Å²) in [4.78, 5) is 14.8. The van der Waals surface area contributed by atoms with E-state index in [1.165, 1.54) is 33.4 Å². The summed E-state index contributed by atoms with van der Waals surface area (Å²) in [7, 11) is 0. The Labute approximate surface area is 395 Å². The second kappa shape index (κ2) is 17.4. The molecule has 68 heavy (non-hydrogen) atoms. The highest BCUT2D eigenvalue weighted by Gasteiger charge is 2.19. The lowest BCUT2D eigenvalue weighted by atomic mass is 9.89. The molecule has 0 aliphatic rings. The number of allylic oxidation sites excluding steroid dienone is 1. The number of hydrogen-bond acceptors (Lipinski definition) is 4. The third-order valence-corrected chi connectivity index (χ3v) is 13.0. The first-order valence-corrected chi connectivity index (χ1v) is 23.0. The molecule has 2 aromatic heterocycles. The van der Waals surface area contributed by atoms with Crippen molar-refractivity contribution in [2.24, 2.45) is 0 Å². The third-order valence-electron chi connectivity index (χ3n) is 13.0. The maximum Gasteiger partial charge on any atom is 0.164 e. The molecule has 0 radical (unpaired) electrons. The molecule has 0 aliphatic heterocycles. The Kier molecular flexibility index (Phi) is 10.4. The minimum atomic E-state index is 0.631. The molecule has 320 valence electrons. The number of hydrogen-bond donors (Lipinski definition) is 0. The molecule has 0 saturated heterocycles. The van der Waals surface area contributed by atoms with E-state index in [2.05, 4.69) is 189 Å². The van der Waals surface area contributed by atoms with Crippen LogP contribution < -0.4 is 0 Å². The van der Waals surface area contributed by atoms with Crippen LogP contribution in [-0.2, 0) is 0 Å². The van der Waals surface area contributed by atoms with Crippen LogP contribution in [0.1, 0.15) is 23.6 Å². The van der Waals surface area contributed by atoms with Gasteiger partial charge in [0.15, 0.2) is 17.5 Å². The number of fused-ring (bicyclic) bond motifs is 5. The summed E-state index contributed by atoms with van der Waals surface area (Å²) in [5, 5.41) is 4.45. The number of aromatic nitrogens is 3. The fourth-order valence-electron chi connectivity index (χ4n) is 9.60. The van der Waals surface area contributed by atoms with Crippen LogP contribution in [0.15, 0.2) is 247 Å². The molecule has 0 saturated carbocycles. The van der Waals surface area contributed by atoms with Gasteiger partial charge in [0, 0.05) is 32.8 Å². The highest BCUT2D eigenvalue weighted by molar-refractivity contribution is 6.22. The summed E-state index contributed by atoms with van der Waals surface area (Å²) in [5.74, 6) is 1.92. The molecule has 0 amide bonds. The lowest BCUT2D eigenvalue weighted by molar-refractivity contribution is 0.673. The smallest absolute Gasteiger partial charge is 0.164 e. The third kappa shape index (κ3) is 7.54. The van der Waals surface area contributed by atoms with Crippen molar-refractivity contribution >= 4 is 43.9 Å². The number of benzene rings is 10. The fourth-order valence-corrected chi connectivity index (χ4v) is 9.60. The molecule has 4 nitrogen and oxygen atoms in total. The zero-order chi connectivity index (χ0) is 45.4. The van der Waals surface area contributed by atoms with Crippen molar-refractivity contribution in [1.29, 1.82) is 0 Å². The minimum absolute atomic E-state index is 0.631. The molecule has 0 aliphatic carbocycles. The highest BCUT2D eigenvalue weighted by Crippen LogP contribution is 2.44. The summed E-state index contributed by atoms with van der Waals surface area (Å²) in [6.45, 7) is 2.23. The van der Waals surface area contributed by atoms with Gasteiger partial charge in [0.05, 0.1) is 0 Å². The van der Waals surface area contributed by atoms with E-state index < -0.39 is 0 Å². The fraction of sp³-hybridized carbons (Fsp3) is 0.0156. The molecule has 0 atom stereocenters. The minimum Gasteiger partial charge on any atom is -0.455 e. The SMILES string of the molecule is CC(=C(c1ccccc1)c1ccccc1)c1ccc(-c2cc3c(oc4cccc(-c5cccc(-c6ccc(-c7nc(-c8ccccc8)nc(-c8ccccc8)n7)cc6)c5)c43)c3ccccc23)cc1. The molecule has 0 fully saturated rings. The van der Waals surface area contributed by atoms with Crippen LogP contribution >= 0.6 is 0 Å². The summed E-state index contributed by atoms with van der Waals surface area (Å²) in [6, 6.07) is 85.2. The summed E-state index contributed by atoms with van der Waals surface area (Å²) >= 11 is 0. The van der Waals surface area contributed by atoms with Gasteiger partial charge in [0.1, 0.15) is 11.2 Å². The molecule has 2 heterocycles. The number of rotatable bonds is 9. The first-order valence-electron chi connectivity index (χ1n) is 23.0. The average molecular weight is 870 g/mol. The van der Waals surface area contributed by atoms with Crippen LogP contribution in [0.2, 0.25) is 0 Å². The van der Waals surface area contributed by atoms with Crippen LogP contribution in [0.5, 0.6) is 0 Å². The maximum atomic E-state index is 6.80. The Morgan fingerprint density at radius 1 is 0.324 bits per heavy atom. The Balaban J connectivity index is 0.919. The van der Waals surface area contributed by atoms with Crippen molar-refractivity contribution in [3.8, 4) is 67.5 Å². The van der Waals surface area contributed by atoms with E-state index in [0.717, 1.165) is 77.2 Å². The Hall–Kier alpha value is -8.99. The predicted molar refractivity (Wildman–Crippen MR) is 282 cm³/mol. The van der Waals surface area contributed by atoms with E-state index in [0.29, 0.717) is 17.5 Å². The summed E-state index contributed by atoms with van der Waals surface area (Å²) < 4.78 is 6.80. The molecule has 10 aromatic carbocycles. The van der Waals surface area contributed by atoms with Crippen LogP contribution in [0.25, 0.3) is 111 Å². The van der Waals surface area contributed by atoms with E-state index in [-0.39, 0.29) is 0 Å². The van der Waals surface area contributed by atoms with E-state index in [1.54, 1.807) is 0 Å². The van der Waals surface area contributed by atoms with Gasteiger partial charge in [-0.05, 0) is 91.7 Å². The molecule has 12 aromatic rings. The van der Waals surface area contributed by atoms with Gasteiger partial charge < -0.3 is 4.42 Å². The van der Waals surface area contributed by atoms with E-state index in [4.69, 9.17) is 19.4 Å². The summed E-state index contributed by atoms with van der Waals surface area (Å²) in [6.07, 6.45) is 0. The molecule has 0 spiro atoms. The first-order chi connectivity index (χ1) is 33.6. The van der Waals surface area contributed by atoms with Gasteiger partial charge in [0.25, 0.3) is 0 Å². The molecule has 12 rings (SSSR count). The van der Waals surface area contributed by atoms with Crippen molar-refractivity contribution in [2.75, 3.05) is 0 Å². The van der Waals surface area contributed by atoms with Crippen molar-refractivity contribution in [2.45, 2.75) is 6.92 Å². The molecule has 4 heteroatoms. The topological polar surface area (TPSA) is 51.8 Å². The maximum absolute atomic E-state index is 6.80. The predicted octanol–water partition coefficient (Wildman–Crippen LogP) is 16.9. The Morgan fingerprint density at radius 2 is 0.794 bits per heavy atom. The molecule has 0 unspecified atom stereocenters. The average Bonchev–Trinajstić information content (AvgIpc) is 3.81. The molecule has 0 N–H and O–H groups in total. The second-order valence-electron chi connectivity index (χ2n) is 17.1. The normalized spacial score (nSPS) is 11.3. The Bertz CT molecular complexity index is 3710. The lowest BCUT2D eigenvalue weighted by Gasteiger charge is -2.15. The van der Waals surface area contributed by atoms with Crippen molar-refractivity contribution in [1.82, 2.24) is 15.0 Å². The quantitative estimate of drug-likeness (QED) is 0.136. The van der Waals surface area contributed by atoms with Gasteiger partial charge in [0.2, 0.25) is 0 Å². The van der Waals surface area contributed by atoms with Gasteiger partial charge in [-0.25, -0.2) is 15.0 Å². The molecular formula is C64H43N3O. The molecule has 0 bridgehead atoms. The van der Waals surface area contributed by atoms with Crippen molar-refractivity contribution in [3.63, 3.8) is 0 Å². The largest absolute Gasteiger partial charge is 0.455 e. The standard InChI is InChI=1S/C64H43N3O/c1-42(59(46-18-6-2-7-19-46)47-20-8-3-9-21-47)43-32-36-45(37-33-43)56-41-57-60-53(30-17-31-58(60)68-61(57)55-29-15-14-28-54(55)56)52-27-16-26-51(40-52)44-34-38-50(39-35-44)64-66-62(48-22-10-4-11-23-48)65-63(67-64)49-24-12-5-13-25-49/h2-41H,1H3. The summed E-state index contributed by atoms with van der Waals surface area (Å²) in [5.41, 5.74) is 17.4. The van der Waals surface area contributed by atoms with Gasteiger partial charge in [-0.3, -0.25) is 0 Å². The van der Waals surface area contributed by atoms with Gasteiger partial charge in [-0.1, -0.05) is 224 Å². The van der Waals surface area contributed by atoms with Crippen LogP contribution in [-0.4, -0.2) is 15.0 Å². The van der Waals surface area contributed by atoms with Crippen molar-refractivity contribution in [3.05, 3.63) is 259 Å². The van der Waals surface area contributed by atoms with E-state index >= 15 is 0 Å². The zero-order valence-corrected chi connectivity index (χ0v) is 37.3. The van der Waals surface area contributed by atoms with Crippen LogP contribution in [0.3, 0.4) is 0 Å². The van der Waals surface area contributed by atoms with Gasteiger partial charge in [-0.15, -0.1) is 0 Å². The van der Waals surface area contributed by atoms with E-state index in [1.807, 2.05) is 60.7 Å². The van der Waals surface area contributed by atoms with Crippen molar-refractivity contribution < 1.29 is 4.42 Å². The monoisotopic (exact) mass is 869 g/mol. The Morgan fingerprint density at radius 3 is 1.40 bits per heavy atom. The second-order valence-corrected chi connectivity index (χ2v) is 17.1. The molecular weight excluding hydrogens is 827 g/mol. The van der Waals surface area contributed by atoms with E-state index in [9.17, 15) is 0 Å². The van der Waals surface area contributed by atoms with Gasteiger partial charge >= 0.3 is 0 Å². The first kappa shape index (κ1) is 40.5. The van der Waals surface area contributed by atoms with Crippen LogP contribution in [0, 0.1) is 0 Å². The number of furan rings is 1. The number of nitrogens with zero attached hydrogens (tertiary/aromatic N) is 3. The zero-order valence-electron chi connectivity index (χ0n) is 37.3. The highest BCUT2D eigenvalue weighted by atomic mass is 16.3. The lowest BCUT2D eigenvalue weighted by Crippen LogP contribution is -2.00. The van der Waals surface area contributed by atoms with Gasteiger partial charge in [-0.2, -0.15) is 0 Å².